The number of nitrogens with zero attached hydrogens (tertiary/aromatic N) is 1. The first-order valence-electron chi connectivity index (χ1n) is 9.59. The second-order valence-electron chi connectivity index (χ2n) is 6.83. The van der Waals surface area contributed by atoms with E-state index in [1.54, 1.807) is 57.4 Å². The highest BCUT2D eigenvalue weighted by molar-refractivity contribution is 6.06. The van der Waals surface area contributed by atoms with Gasteiger partial charge in [0.15, 0.2) is 11.5 Å². The van der Waals surface area contributed by atoms with Gasteiger partial charge in [-0.05, 0) is 60.9 Å². The number of nitrogens with one attached hydrogen (secondary N) is 2. The molecule has 0 aliphatic rings. The fourth-order valence-corrected chi connectivity index (χ4v) is 2.74. The van der Waals surface area contributed by atoms with Crippen molar-refractivity contribution in [1.29, 1.82) is 0 Å². The van der Waals surface area contributed by atoms with Gasteiger partial charge >= 0.3 is 0 Å². The molecule has 0 aliphatic heterocycles. The predicted octanol–water partition coefficient (Wildman–Crippen LogP) is 3.16. The molecule has 0 aromatic heterocycles. The van der Waals surface area contributed by atoms with Crippen molar-refractivity contribution in [3.8, 4) is 17.2 Å². The SMILES string of the molecule is CCOc1cc(/C=N/NC(=O)C(C(=O)Nc2ccc(OC)cc2)C(C)C)ccc1O. The summed E-state index contributed by atoms with van der Waals surface area (Å²) in [5.41, 5.74) is 3.60. The molecule has 1 unspecified atom stereocenters. The third-order valence-corrected chi connectivity index (χ3v) is 4.26. The van der Waals surface area contributed by atoms with Crippen LogP contribution in [0.2, 0.25) is 0 Å². The highest BCUT2D eigenvalue weighted by Crippen LogP contribution is 2.26. The fraction of sp³-hybridized carbons (Fsp3) is 0.318. The Balaban J connectivity index is 2.03. The zero-order chi connectivity index (χ0) is 22.1. The Hall–Kier alpha value is -3.55. The van der Waals surface area contributed by atoms with Crippen molar-refractivity contribution in [2.45, 2.75) is 20.8 Å². The molecule has 0 aliphatic carbocycles. The maximum atomic E-state index is 12.6. The summed E-state index contributed by atoms with van der Waals surface area (Å²) in [5.74, 6) is -1.09. The van der Waals surface area contributed by atoms with Crippen molar-refractivity contribution in [1.82, 2.24) is 5.43 Å². The summed E-state index contributed by atoms with van der Waals surface area (Å²) in [6.45, 7) is 5.79. The van der Waals surface area contributed by atoms with Crippen LogP contribution < -0.4 is 20.2 Å². The number of phenols is 1. The number of rotatable bonds is 9. The average Bonchev–Trinajstić information content (AvgIpc) is 2.71. The fourth-order valence-electron chi connectivity index (χ4n) is 2.74. The van der Waals surface area contributed by atoms with Crippen LogP contribution in [0.3, 0.4) is 0 Å². The van der Waals surface area contributed by atoms with E-state index < -0.39 is 17.7 Å². The number of anilines is 1. The first-order valence-corrected chi connectivity index (χ1v) is 9.59. The molecule has 1 atom stereocenters. The summed E-state index contributed by atoms with van der Waals surface area (Å²) in [7, 11) is 1.56. The lowest BCUT2D eigenvalue weighted by Gasteiger charge is -2.18. The summed E-state index contributed by atoms with van der Waals surface area (Å²) in [6, 6.07) is 11.6. The van der Waals surface area contributed by atoms with Crippen molar-refractivity contribution in [3.05, 3.63) is 48.0 Å². The Kier molecular flexibility index (Phi) is 8.22. The molecular weight excluding hydrogens is 386 g/mol. The molecule has 0 saturated heterocycles. The monoisotopic (exact) mass is 413 g/mol. The van der Waals surface area contributed by atoms with E-state index in [9.17, 15) is 14.7 Å². The second-order valence-corrected chi connectivity index (χ2v) is 6.83. The van der Waals surface area contributed by atoms with E-state index >= 15 is 0 Å². The van der Waals surface area contributed by atoms with E-state index in [-0.39, 0.29) is 11.7 Å². The first-order chi connectivity index (χ1) is 14.3. The normalized spacial score (nSPS) is 11.9. The lowest BCUT2D eigenvalue weighted by atomic mass is 9.94. The molecule has 8 nitrogen and oxygen atoms in total. The third-order valence-electron chi connectivity index (χ3n) is 4.26. The number of benzene rings is 2. The maximum Gasteiger partial charge on any atom is 0.252 e. The lowest BCUT2D eigenvalue weighted by molar-refractivity contribution is -0.134. The number of ether oxygens (including phenoxy) is 2. The van der Waals surface area contributed by atoms with Crippen molar-refractivity contribution >= 4 is 23.7 Å². The molecular formula is C22H27N3O5. The van der Waals surface area contributed by atoms with Gasteiger partial charge in [0.2, 0.25) is 5.91 Å². The number of methoxy groups -OCH3 is 1. The van der Waals surface area contributed by atoms with Gasteiger partial charge < -0.3 is 19.9 Å². The summed E-state index contributed by atoms with van der Waals surface area (Å²) >= 11 is 0. The van der Waals surface area contributed by atoms with Crippen LogP contribution >= 0.6 is 0 Å². The topological polar surface area (TPSA) is 109 Å². The summed E-state index contributed by atoms with van der Waals surface area (Å²) in [6.07, 6.45) is 1.42. The second kappa shape index (κ2) is 10.8. The standard InChI is InChI=1S/C22H27N3O5/c1-5-30-19-12-15(6-11-18(19)26)13-23-25-22(28)20(14(2)3)21(27)24-16-7-9-17(29-4)10-8-16/h6-14,20,26H,5H2,1-4H3,(H,24,27)(H,25,28)/b23-13+. The van der Waals surface area contributed by atoms with Crippen molar-refractivity contribution < 1.29 is 24.2 Å². The Morgan fingerprint density at radius 2 is 1.83 bits per heavy atom. The molecule has 30 heavy (non-hydrogen) atoms. The highest BCUT2D eigenvalue weighted by atomic mass is 16.5. The largest absolute Gasteiger partial charge is 0.504 e. The third kappa shape index (κ3) is 6.23. The highest BCUT2D eigenvalue weighted by Gasteiger charge is 2.29. The number of carbonyl (C=O) groups excluding carboxylic acids is 2. The Labute approximate surface area is 175 Å². The Morgan fingerprint density at radius 3 is 2.43 bits per heavy atom. The van der Waals surface area contributed by atoms with Gasteiger partial charge in [0.25, 0.3) is 5.91 Å². The molecule has 0 spiro atoms. The van der Waals surface area contributed by atoms with Gasteiger partial charge in [0, 0.05) is 5.69 Å². The lowest BCUT2D eigenvalue weighted by Crippen LogP contribution is -2.39. The number of aromatic hydroxyl groups is 1. The Bertz CT molecular complexity index is 894. The van der Waals surface area contributed by atoms with E-state index in [1.807, 2.05) is 6.92 Å². The molecule has 2 aromatic rings. The van der Waals surface area contributed by atoms with Crippen LogP contribution in [0.4, 0.5) is 5.69 Å². The van der Waals surface area contributed by atoms with Crippen LogP contribution in [-0.2, 0) is 9.59 Å². The van der Waals surface area contributed by atoms with E-state index in [1.165, 1.54) is 12.3 Å². The molecule has 8 heteroatoms. The zero-order valence-corrected chi connectivity index (χ0v) is 17.5. The number of hydrogen-bond acceptors (Lipinski definition) is 6. The van der Waals surface area contributed by atoms with Crippen LogP contribution in [0.5, 0.6) is 17.2 Å². The minimum Gasteiger partial charge on any atom is -0.504 e. The van der Waals surface area contributed by atoms with Crippen LogP contribution in [0.25, 0.3) is 0 Å². The molecule has 0 saturated carbocycles. The van der Waals surface area contributed by atoms with Gasteiger partial charge in [-0.15, -0.1) is 0 Å². The molecule has 0 radical (unpaired) electrons. The van der Waals surface area contributed by atoms with Gasteiger partial charge in [-0.1, -0.05) is 13.8 Å². The first kappa shape index (κ1) is 22.7. The summed E-state index contributed by atoms with van der Waals surface area (Å²) in [5, 5.41) is 16.4. The molecule has 0 fully saturated rings. The Morgan fingerprint density at radius 1 is 1.13 bits per heavy atom. The molecule has 2 aromatic carbocycles. The van der Waals surface area contributed by atoms with E-state index in [2.05, 4.69) is 15.8 Å². The van der Waals surface area contributed by atoms with Crippen LogP contribution in [0, 0.1) is 11.8 Å². The number of hydrogen-bond donors (Lipinski definition) is 3. The summed E-state index contributed by atoms with van der Waals surface area (Å²) in [4.78, 5) is 25.2. The maximum absolute atomic E-state index is 12.6. The number of phenolic OH excluding ortho intramolecular Hbond substituents is 1. The van der Waals surface area contributed by atoms with Crippen molar-refractivity contribution in [2.24, 2.45) is 16.9 Å². The van der Waals surface area contributed by atoms with Crippen LogP contribution in [-0.4, -0.2) is 36.9 Å². The van der Waals surface area contributed by atoms with Gasteiger partial charge in [-0.2, -0.15) is 5.10 Å². The molecule has 0 bridgehead atoms. The molecule has 2 rings (SSSR count). The number of hydrazone groups is 1. The predicted molar refractivity (Wildman–Crippen MR) is 115 cm³/mol. The van der Waals surface area contributed by atoms with Crippen molar-refractivity contribution in [3.63, 3.8) is 0 Å². The zero-order valence-electron chi connectivity index (χ0n) is 17.5. The van der Waals surface area contributed by atoms with Gasteiger partial charge in [-0.3, -0.25) is 9.59 Å². The van der Waals surface area contributed by atoms with E-state index in [4.69, 9.17) is 9.47 Å². The minimum absolute atomic E-state index is 0.0214. The summed E-state index contributed by atoms with van der Waals surface area (Å²) < 4.78 is 10.4. The minimum atomic E-state index is -0.928. The number of amides is 2. The van der Waals surface area contributed by atoms with Gasteiger partial charge in [0.1, 0.15) is 11.7 Å². The van der Waals surface area contributed by atoms with E-state index in [0.29, 0.717) is 29.4 Å². The van der Waals surface area contributed by atoms with Crippen LogP contribution in [0.1, 0.15) is 26.3 Å². The average molecular weight is 413 g/mol. The molecule has 3 N–H and O–H groups in total. The van der Waals surface area contributed by atoms with Crippen LogP contribution in [0.15, 0.2) is 47.6 Å². The number of carbonyl (C=O) groups is 2. The smallest absolute Gasteiger partial charge is 0.252 e. The quantitative estimate of drug-likeness (QED) is 0.332. The molecule has 0 heterocycles. The van der Waals surface area contributed by atoms with Gasteiger partial charge in [0.05, 0.1) is 19.9 Å². The van der Waals surface area contributed by atoms with Crippen molar-refractivity contribution in [2.75, 3.05) is 19.0 Å². The van der Waals surface area contributed by atoms with E-state index in [0.717, 1.165) is 0 Å². The van der Waals surface area contributed by atoms with Gasteiger partial charge in [-0.25, -0.2) is 5.43 Å². The molecule has 2 amide bonds. The molecule has 160 valence electrons.